The van der Waals surface area contributed by atoms with Gasteiger partial charge >= 0.3 is 0 Å². The molecule has 11 rings (SSSR count). The summed E-state index contributed by atoms with van der Waals surface area (Å²) in [5, 5.41) is 0. The maximum atomic E-state index is 2.73. The lowest BCUT2D eigenvalue weighted by atomic mass is 9.32. The van der Waals surface area contributed by atoms with Crippen LogP contribution in [0.25, 0.3) is 22.3 Å². The predicted molar refractivity (Wildman–Crippen MR) is 321 cm³/mol. The Morgan fingerprint density at radius 2 is 0.865 bits per heavy atom. The molecule has 0 amide bonds. The van der Waals surface area contributed by atoms with Crippen LogP contribution >= 0.6 is 0 Å². The van der Waals surface area contributed by atoms with Crippen molar-refractivity contribution in [2.24, 2.45) is 0 Å². The third-order valence-electron chi connectivity index (χ3n) is 17.5. The first-order chi connectivity index (χ1) is 34.8. The van der Waals surface area contributed by atoms with E-state index < -0.39 is 0 Å². The van der Waals surface area contributed by atoms with Gasteiger partial charge in [0, 0.05) is 39.4 Å². The molecule has 0 saturated carbocycles. The summed E-state index contributed by atoms with van der Waals surface area (Å²) in [6, 6.07) is 66.0. The van der Waals surface area contributed by atoms with Gasteiger partial charge in [0.2, 0.25) is 0 Å². The molecule has 2 aliphatic heterocycles. The summed E-state index contributed by atoms with van der Waals surface area (Å²) < 4.78 is 0. The van der Waals surface area contributed by atoms with Crippen molar-refractivity contribution in [2.45, 2.75) is 149 Å². The van der Waals surface area contributed by atoms with Crippen molar-refractivity contribution in [3.63, 3.8) is 0 Å². The smallest absolute Gasteiger partial charge is 0.252 e. The van der Waals surface area contributed by atoms with E-state index in [4.69, 9.17) is 0 Å². The minimum atomic E-state index is -0.240. The van der Waals surface area contributed by atoms with Crippen LogP contribution in [-0.4, -0.2) is 6.71 Å². The number of hydrogen-bond acceptors (Lipinski definition) is 2. The zero-order chi connectivity index (χ0) is 52.5. The largest absolute Gasteiger partial charge is 0.311 e. The molecule has 374 valence electrons. The van der Waals surface area contributed by atoms with Crippen molar-refractivity contribution < 1.29 is 0 Å². The second-order valence-corrected chi connectivity index (χ2v) is 27.0. The van der Waals surface area contributed by atoms with Gasteiger partial charge in [-0.05, 0) is 160 Å². The average Bonchev–Trinajstić information content (AvgIpc) is 3.36. The van der Waals surface area contributed by atoms with Crippen molar-refractivity contribution >= 4 is 57.2 Å². The third-order valence-corrected chi connectivity index (χ3v) is 17.5. The summed E-state index contributed by atoms with van der Waals surface area (Å²) in [4.78, 5) is 5.35. The van der Waals surface area contributed by atoms with E-state index in [2.05, 4.69) is 284 Å². The van der Waals surface area contributed by atoms with Crippen LogP contribution in [0, 0.1) is 0 Å². The van der Waals surface area contributed by atoms with Crippen LogP contribution in [-0.2, 0) is 32.5 Å². The lowest BCUT2D eigenvalue weighted by molar-refractivity contribution is 0.332. The second kappa shape index (κ2) is 17.2. The molecule has 0 N–H and O–H groups in total. The van der Waals surface area contributed by atoms with Gasteiger partial charge in [0.05, 0.1) is 5.69 Å². The van der Waals surface area contributed by atoms with Crippen LogP contribution in [0.3, 0.4) is 0 Å². The Labute approximate surface area is 445 Å². The molecule has 1 aliphatic carbocycles. The van der Waals surface area contributed by atoms with Crippen molar-refractivity contribution in [1.29, 1.82) is 0 Å². The third kappa shape index (κ3) is 8.25. The molecule has 8 aromatic carbocycles. The van der Waals surface area contributed by atoms with Crippen LogP contribution in [0.1, 0.15) is 156 Å². The lowest BCUT2D eigenvalue weighted by Gasteiger charge is -2.48. The Bertz CT molecular complexity index is 3460. The lowest BCUT2D eigenvalue weighted by Crippen LogP contribution is -2.62. The van der Waals surface area contributed by atoms with Crippen LogP contribution in [0.4, 0.5) is 34.1 Å². The molecule has 74 heavy (non-hydrogen) atoms. The highest BCUT2D eigenvalue weighted by Gasteiger charge is 2.48. The molecule has 0 saturated heterocycles. The van der Waals surface area contributed by atoms with Crippen LogP contribution in [0.5, 0.6) is 0 Å². The Balaban J connectivity index is 1.30. The highest BCUT2D eigenvalue weighted by molar-refractivity contribution is 7.00. The summed E-state index contributed by atoms with van der Waals surface area (Å²) in [6.07, 6.45) is 2.29. The van der Waals surface area contributed by atoms with E-state index in [-0.39, 0.29) is 39.2 Å². The van der Waals surface area contributed by atoms with Crippen LogP contribution < -0.4 is 26.2 Å². The summed E-state index contributed by atoms with van der Waals surface area (Å²) in [5.41, 5.74) is 25.6. The molecule has 0 spiro atoms. The van der Waals surface area contributed by atoms with Crippen molar-refractivity contribution in [2.75, 3.05) is 9.80 Å². The van der Waals surface area contributed by atoms with Crippen molar-refractivity contribution in [1.82, 2.24) is 0 Å². The quantitative estimate of drug-likeness (QED) is 0.153. The molecule has 0 radical (unpaired) electrons. The number of hydrogen-bond donors (Lipinski definition) is 0. The van der Waals surface area contributed by atoms with Gasteiger partial charge in [-0.25, -0.2) is 0 Å². The second-order valence-electron chi connectivity index (χ2n) is 27.0. The minimum Gasteiger partial charge on any atom is -0.311 e. The van der Waals surface area contributed by atoms with Gasteiger partial charge in [-0.3, -0.25) is 0 Å². The standard InChI is InChI=1S/C71H77BN2/c1-66(2,3)47-30-34-52(35-31-47)73-61-37-33-50(71(14,15)48-26-20-17-21-27-48)41-58(61)72-59-44-56-57(70(12,13)39-38-69(56,10)11)45-62(59)74(64-43-51(68(7,8)9)42-63(73)65(64)72)60-36-32-49(67(4,5)6)40-55(60)54-29-23-22-28-53(54)46-24-18-16-19-25-46/h16-37,40-45H,38-39H2,1-15H3. The maximum Gasteiger partial charge on any atom is 0.252 e. The SMILES string of the molecule is CC(C)(C)c1ccc(N2c3ccc(C(C)(C)c4ccccc4)cc3B3c4cc5c(cc4N(c4ccc(C(C)(C)C)cc4-c4ccccc4-c4ccccc4)c4cc(C(C)(C)C)cc2c43)C(C)(C)CCC5(C)C)cc1. The Kier molecular flexibility index (Phi) is 11.6. The van der Waals surface area contributed by atoms with Gasteiger partial charge in [-0.1, -0.05) is 225 Å². The zero-order valence-corrected chi connectivity index (χ0v) is 47.1. The molecular formula is C71H77BN2. The summed E-state index contributed by atoms with van der Waals surface area (Å²) in [6.45, 7) is 35.9. The van der Waals surface area contributed by atoms with Gasteiger partial charge < -0.3 is 9.80 Å². The number of nitrogens with zero attached hydrogens (tertiary/aromatic N) is 2. The Morgan fingerprint density at radius 1 is 0.365 bits per heavy atom. The van der Waals surface area contributed by atoms with E-state index >= 15 is 0 Å². The molecule has 3 heteroatoms. The van der Waals surface area contributed by atoms with Crippen LogP contribution in [0.2, 0.25) is 0 Å². The average molecular weight is 969 g/mol. The molecule has 2 heterocycles. The topological polar surface area (TPSA) is 6.48 Å². The molecule has 0 aromatic heterocycles. The Hall–Kier alpha value is -6.58. The first-order valence-electron chi connectivity index (χ1n) is 27.4. The molecule has 8 aromatic rings. The molecule has 0 atom stereocenters. The Morgan fingerprint density at radius 3 is 1.47 bits per heavy atom. The van der Waals surface area contributed by atoms with Gasteiger partial charge in [0.1, 0.15) is 0 Å². The molecule has 3 aliphatic rings. The van der Waals surface area contributed by atoms with E-state index in [1.807, 2.05) is 0 Å². The maximum absolute atomic E-state index is 2.73. The van der Waals surface area contributed by atoms with Gasteiger partial charge in [-0.15, -0.1) is 0 Å². The fourth-order valence-electron chi connectivity index (χ4n) is 12.6. The molecule has 2 nitrogen and oxygen atoms in total. The molecule has 0 fully saturated rings. The van der Waals surface area contributed by atoms with E-state index in [1.54, 1.807) is 0 Å². The number of rotatable bonds is 6. The highest BCUT2D eigenvalue weighted by atomic mass is 15.2. The molecule has 0 unspecified atom stereocenters. The van der Waals surface area contributed by atoms with Crippen molar-refractivity contribution in [3.8, 4) is 22.3 Å². The fourth-order valence-corrected chi connectivity index (χ4v) is 12.6. The first-order valence-corrected chi connectivity index (χ1v) is 27.4. The fraction of sp³-hybridized carbons (Fsp3) is 0.324. The van der Waals surface area contributed by atoms with Gasteiger partial charge in [0.25, 0.3) is 6.71 Å². The summed E-state index contributed by atoms with van der Waals surface area (Å²) in [7, 11) is 0. The minimum absolute atomic E-state index is 0.00353. The van der Waals surface area contributed by atoms with Gasteiger partial charge in [-0.2, -0.15) is 0 Å². The van der Waals surface area contributed by atoms with Crippen LogP contribution in [0.15, 0.2) is 170 Å². The number of fused-ring (bicyclic) bond motifs is 5. The number of anilines is 6. The first kappa shape index (κ1) is 49.6. The van der Waals surface area contributed by atoms with Crippen molar-refractivity contribution in [3.05, 3.63) is 209 Å². The predicted octanol–water partition coefficient (Wildman–Crippen LogP) is 17.7. The molecular weight excluding hydrogens is 892 g/mol. The normalized spacial score (nSPS) is 15.8. The van der Waals surface area contributed by atoms with E-state index in [0.717, 1.165) is 12.8 Å². The van der Waals surface area contributed by atoms with E-state index in [9.17, 15) is 0 Å². The highest BCUT2D eigenvalue weighted by Crippen LogP contribution is 2.53. The van der Waals surface area contributed by atoms with E-state index in [0.29, 0.717) is 0 Å². The van der Waals surface area contributed by atoms with E-state index in [1.165, 1.54) is 112 Å². The molecule has 0 bridgehead atoms. The summed E-state index contributed by atoms with van der Waals surface area (Å²) in [5.74, 6) is 0. The monoisotopic (exact) mass is 969 g/mol. The van der Waals surface area contributed by atoms with Gasteiger partial charge in [0.15, 0.2) is 0 Å². The zero-order valence-electron chi connectivity index (χ0n) is 47.1. The summed E-state index contributed by atoms with van der Waals surface area (Å²) >= 11 is 0. The number of benzene rings is 8.